The zero-order valence-electron chi connectivity index (χ0n) is 13.4. The van der Waals surface area contributed by atoms with Gasteiger partial charge >= 0.3 is 0 Å². The van der Waals surface area contributed by atoms with Gasteiger partial charge in [-0.15, -0.1) is 0 Å². The van der Waals surface area contributed by atoms with Gasteiger partial charge in [0.1, 0.15) is 6.54 Å². The van der Waals surface area contributed by atoms with E-state index >= 15 is 0 Å². The fourth-order valence-corrected chi connectivity index (χ4v) is 4.57. The van der Waals surface area contributed by atoms with Gasteiger partial charge in [0.15, 0.2) is 0 Å². The largest absolute Gasteiger partial charge is 0.325 e. The monoisotopic (exact) mass is 487 g/mol. The lowest BCUT2D eigenvalue weighted by Crippen LogP contribution is -2.38. The average Bonchev–Trinajstić information content (AvgIpc) is 2.80. The Bertz CT molecular complexity index is 742. The van der Waals surface area contributed by atoms with E-state index in [2.05, 4.69) is 37.2 Å². The summed E-state index contributed by atoms with van der Waals surface area (Å²) in [5.74, 6) is -1.95. The first kappa shape index (κ1) is 19.0. The SMILES string of the molecule is O=C(CN1C(=O)[C@H]2C[C@@H](Br)[C@@H](Br)C[C@H]2C1=O)Nc1ccc([N+](=O)[O-])cc1. The maximum atomic E-state index is 12.5. The molecule has 1 N–H and O–H groups in total. The van der Waals surface area contributed by atoms with Gasteiger partial charge < -0.3 is 5.32 Å². The second-order valence-corrected chi connectivity index (χ2v) is 8.68. The molecule has 1 saturated heterocycles. The van der Waals surface area contributed by atoms with Crippen LogP contribution in [0.4, 0.5) is 11.4 Å². The zero-order valence-corrected chi connectivity index (χ0v) is 16.6. The van der Waals surface area contributed by atoms with Crippen LogP contribution in [0.5, 0.6) is 0 Å². The third-order valence-electron chi connectivity index (χ3n) is 4.67. The van der Waals surface area contributed by atoms with E-state index in [1.807, 2.05) is 0 Å². The molecule has 4 atom stereocenters. The van der Waals surface area contributed by atoms with Gasteiger partial charge in [-0.1, -0.05) is 31.9 Å². The average molecular weight is 489 g/mol. The van der Waals surface area contributed by atoms with Crippen molar-refractivity contribution in [3.63, 3.8) is 0 Å². The van der Waals surface area contributed by atoms with E-state index in [9.17, 15) is 24.5 Å². The van der Waals surface area contributed by atoms with Crippen LogP contribution in [0.1, 0.15) is 12.8 Å². The highest BCUT2D eigenvalue weighted by atomic mass is 79.9. The number of nitro benzene ring substituents is 1. The van der Waals surface area contributed by atoms with Crippen molar-refractivity contribution >= 4 is 61.0 Å². The van der Waals surface area contributed by atoms with E-state index in [1.165, 1.54) is 24.3 Å². The molecule has 10 heteroatoms. The predicted octanol–water partition coefficient (Wildman–Crippen LogP) is 2.46. The number of carbonyl (C=O) groups is 3. The number of nitro groups is 1. The molecular weight excluding hydrogens is 474 g/mol. The van der Waals surface area contributed by atoms with Crippen molar-refractivity contribution < 1.29 is 19.3 Å². The lowest BCUT2D eigenvalue weighted by atomic mass is 9.81. The summed E-state index contributed by atoms with van der Waals surface area (Å²) in [4.78, 5) is 48.6. The number of amides is 3. The molecular formula is C16H15Br2N3O5. The summed E-state index contributed by atoms with van der Waals surface area (Å²) in [5.41, 5.74) is 0.267. The standard InChI is InChI=1S/C16H15Br2N3O5/c17-12-5-10-11(6-13(12)18)16(24)20(15(10)23)7-14(22)19-8-1-3-9(4-2-8)21(25)26/h1-4,10-13H,5-7H2,(H,19,22)/t10-,11+,12+,13-. The Hall–Kier alpha value is -1.81. The summed E-state index contributed by atoms with van der Waals surface area (Å²) in [5, 5.41) is 13.2. The molecule has 2 fully saturated rings. The second-order valence-electron chi connectivity index (χ2n) is 6.33. The smallest absolute Gasteiger partial charge is 0.269 e. The van der Waals surface area contributed by atoms with Crippen LogP contribution < -0.4 is 5.32 Å². The molecule has 138 valence electrons. The molecule has 0 unspecified atom stereocenters. The first-order valence-electron chi connectivity index (χ1n) is 7.95. The zero-order chi connectivity index (χ0) is 19.0. The summed E-state index contributed by atoms with van der Waals surface area (Å²) in [7, 11) is 0. The molecule has 1 saturated carbocycles. The molecule has 0 aromatic heterocycles. The van der Waals surface area contributed by atoms with Crippen molar-refractivity contribution in [3.8, 4) is 0 Å². The van der Waals surface area contributed by atoms with Crippen LogP contribution in [0.3, 0.4) is 0 Å². The van der Waals surface area contributed by atoms with Gasteiger partial charge in [0, 0.05) is 27.5 Å². The van der Waals surface area contributed by atoms with Crippen molar-refractivity contribution in [1.82, 2.24) is 4.90 Å². The number of benzene rings is 1. The van der Waals surface area contributed by atoms with Crippen molar-refractivity contribution in [2.24, 2.45) is 11.8 Å². The van der Waals surface area contributed by atoms with Crippen LogP contribution in [0.2, 0.25) is 0 Å². The summed E-state index contributed by atoms with van der Waals surface area (Å²) in [6.07, 6.45) is 1.09. The minimum atomic E-state index is -0.539. The van der Waals surface area contributed by atoms with E-state index in [-0.39, 0.29) is 33.7 Å². The van der Waals surface area contributed by atoms with E-state index in [0.29, 0.717) is 18.5 Å². The number of carbonyl (C=O) groups excluding carboxylic acids is 3. The van der Waals surface area contributed by atoms with Crippen molar-refractivity contribution in [1.29, 1.82) is 0 Å². The van der Waals surface area contributed by atoms with Crippen molar-refractivity contribution in [3.05, 3.63) is 34.4 Å². The van der Waals surface area contributed by atoms with Crippen LogP contribution in [-0.2, 0) is 14.4 Å². The van der Waals surface area contributed by atoms with E-state index < -0.39 is 22.7 Å². The van der Waals surface area contributed by atoms with Gasteiger partial charge in [-0.25, -0.2) is 0 Å². The summed E-state index contributed by atoms with van der Waals surface area (Å²) < 4.78 is 0. The van der Waals surface area contributed by atoms with Gasteiger partial charge in [0.2, 0.25) is 17.7 Å². The molecule has 0 spiro atoms. The Labute approximate surface area is 165 Å². The molecule has 1 aliphatic heterocycles. The number of hydrogen-bond donors (Lipinski definition) is 1. The van der Waals surface area contributed by atoms with Gasteiger partial charge in [-0.05, 0) is 25.0 Å². The molecule has 0 bridgehead atoms. The molecule has 1 aromatic rings. The number of alkyl halides is 2. The fraction of sp³-hybridized carbons (Fsp3) is 0.438. The molecule has 3 amide bonds. The Balaban J connectivity index is 1.65. The number of halogens is 2. The highest BCUT2D eigenvalue weighted by Crippen LogP contribution is 2.43. The maximum absolute atomic E-state index is 12.5. The molecule has 2 aliphatic rings. The number of nitrogens with zero attached hydrogens (tertiary/aromatic N) is 2. The number of likely N-dealkylation sites (tertiary alicyclic amines) is 1. The summed E-state index contributed by atoms with van der Waals surface area (Å²) >= 11 is 7.02. The molecule has 26 heavy (non-hydrogen) atoms. The van der Waals surface area contributed by atoms with Crippen LogP contribution in [0.15, 0.2) is 24.3 Å². The lowest BCUT2D eigenvalue weighted by molar-refractivity contribution is -0.384. The minimum absolute atomic E-state index is 0.0920. The quantitative estimate of drug-likeness (QED) is 0.303. The van der Waals surface area contributed by atoms with Crippen LogP contribution >= 0.6 is 31.9 Å². The third kappa shape index (κ3) is 3.66. The first-order valence-corrected chi connectivity index (χ1v) is 9.78. The number of fused-ring (bicyclic) bond motifs is 1. The van der Waals surface area contributed by atoms with E-state index in [4.69, 9.17) is 0 Å². The number of hydrogen-bond acceptors (Lipinski definition) is 5. The molecule has 3 rings (SSSR count). The first-order chi connectivity index (χ1) is 12.3. The van der Waals surface area contributed by atoms with Crippen molar-refractivity contribution in [2.75, 3.05) is 11.9 Å². The van der Waals surface area contributed by atoms with Crippen LogP contribution in [-0.4, -0.2) is 43.7 Å². The van der Waals surface area contributed by atoms with Crippen LogP contribution in [0.25, 0.3) is 0 Å². The highest BCUT2D eigenvalue weighted by molar-refractivity contribution is 9.12. The second kappa shape index (κ2) is 7.43. The van der Waals surface area contributed by atoms with Gasteiger partial charge in [-0.2, -0.15) is 0 Å². The third-order valence-corrected chi connectivity index (χ3v) is 7.40. The number of imide groups is 1. The Morgan fingerprint density at radius 1 is 1.12 bits per heavy atom. The fourth-order valence-electron chi connectivity index (χ4n) is 3.33. The normalized spacial score (nSPS) is 28.0. The van der Waals surface area contributed by atoms with Crippen molar-refractivity contribution in [2.45, 2.75) is 22.5 Å². The number of nitrogens with one attached hydrogen (secondary N) is 1. The van der Waals surface area contributed by atoms with Gasteiger partial charge in [0.25, 0.3) is 5.69 Å². The number of anilines is 1. The summed E-state index contributed by atoms with van der Waals surface area (Å²) in [6, 6.07) is 5.33. The molecule has 8 nitrogen and oxygen atoms in total. The molecule has 1 heterocycles. The number of rotatable bonds is 4. The molecule has 1 aromatic carbocycles. The highest BCUT2D eigenvalue weighted by Gasteiger charge is 2.52. The topological polar surface area (TPSA) is 110 Å². The Morgan fingerprint density at radius 2 is 1.62 bits per heavy atom. The Morgan fingerprint density at radius 3 is 2.08 bits per heavy atom. The molecule has 1 aliphatic carbocycles. The summed E-state index contributed by atoms with van der Waals surface area (Å²) in [6.45, 7) is -0.360. The lowest BCUT2D eigenvalue weighted by Gasteiger charge is -2.29. The maximum Gasteiger partial charge on any atom is 0.269 e. The number of non-ortho nitro benzene ring substituents is 1. The van der Waals surface area contributed by atoms with Gasteiger partial charge in [-0.3, -0.25) is 29.4 Å². The van der Waals surface area contributed by atoms with Gasteiger partial charge in [0.05, 0.1) is 16.8 Å². The predicted molar refractivity (Wildman–Crippen MR) is 100 cm³/mol. The van der Waals surface area contributed by atoms with Crippen LogP contribution in [0, 0.1) is 22.0 Å². The molecule has 0 radical (unpaired) electrons. The minimum Gasteiger partial charge on any atom is -0.325 e. The Kier molecular flexibility index (Phi) is 5.42. The van der Waals surface area contributed by atoms with E-state index in [1.54, 1.807) is 0 Å². The van der Waals surface area contributed by atoms with E-state index in [0.717, 1.165) is 4.90 Å².